The Morgan fingerprint density at radius 1 is 1.26 bits per heavy atom. The number of nitrogens with two attached hydrogens (primary N) is 1. The number of carbonyl (C=O) groups is 2. The number of ether oxygens (including phenoxy) is 3. The van der Waals surface area contributed by atoms with Gasteiger partial charge in [-0.1, -0.05) is 13.0 Å². The molecular weight excluding hydrogens is 467 g/mol. The second-order valence-electron chi connectivity index (χ2n) is 8.48. The lowest BCUT2D eigenvalue weighted by molar-refractivity contribution is -0.120. The highest BCUT2D eigenvalue weighted by Gasteiger charge is 2.22. The molecule has 2 N–H and O–H groups in total. The van der Waals surface area contributed by atoms with E-state index in [4.69, 9.17) is 19.9 Å². The van der Waals surface area contributed by atoms with E-state index in [0.29, 0.717) is 5.56 Å². The van der Waals surface area contributed by atoms with Crippen molar-refractivity contribution in [3.8, 4) is 5.75 Å². The number of sulfone groups is 1. The molecule has 2 amide bonds. The number of hydrogen-bond acceptors (Lipinski definition) is 7. The zero-order valence-corrected chi connectivity index (χ0v) is 20.6. The van der Waals surface area contributed by atoms with Gasteiger partial charge in [0.1, 0.15) is 13.3 Å². The van der Waals surface area contributed by atoms with Crippen LogP contribution < -0.4 is 10.5 Å². The Kier molecular flexibility index (Phi) is 11.0. The van der Waals surface area contributed by atoms with Gasteiger partial charge in [0.05, 0.1) is 24.2 Å². The van der Waals surface area contributed by atoms with E-state index in [1.165, 1.54) is 6.07 Å². The van der Waals surface area contributed by atoms with Crippen molar-refractivity contribution in [1.29, 1.82) is 0 Å². The molecule has 1 fully saturated rings. The zero-order valence-electron chi connectivity index (χ0n) is 19.8. The van der Waals surface area contributed by atoms with Crippen LogP contribution in [0.15, 0.2) is 18.2 Å². The highest BCUT2D eigenvalue weighted by Crippen LogP contribution is 2.29. The summed E-state index contributed by atoms with van der Waals surface area (Å²) in [5.74, 6) is -1.55. The van der Waals surface area contributed by atoms with Gasteiger partial charge in [0, 0.05) is 6.61 Å². The lowest BCUT2D eigenvalue weighted by Crippen LogP contribution is -2.40. The average molecular weight is 503 g/mol. The van der Waals surface area contributed by atoms with E-state index >= 15 is 0 Å². The van der Waals surface area contributed by atoms with Crippen LogP contribution in [0, 0.1) is 5.82 Å². The second kappa shape index (κ2) is 13.5. The van der Waals surface area contributed by atoms with E-state index in [1.807, 2.05) is 0 Å². The number of amides is 2. The molecular formula is C23H35FN2O7S. The van der Waals surface area contributed by atoms with Crippen LogP contribution in [0.2, 0.25) is 0 Å². The highest BCUT2D eigenvalue weighted by atomic mass is 32.2. The van der Waals surface area contributed by atoms with Crippen molar-refractivity contribution in [2.45, 2.75) is 58.0 Å². The van der Waals surface area contributed by atoms with Gasteiger partial charge in [0.25, 0.3) is 0 Å². The van der Waals surface area contributed by atoms with Gasteiger partial charge in [-0.05, 0) is 62.6 Å². The Morgan fingerprint density at radius 2 is 1.97 bits per heavy atom. The lowest BCUT2D eigenvalue weighted by Gasteiger charge is -2.20. The molecule has 1 saturated carbocycles. The summed E-state index contributed by atoms with van der Waals surface area (Å²) in [4.78, 5) is 23.9. The maximum absolute atomic E-state index is 14.2. The predicted octanol–water partition coefficient (Wildman–Crippen LogP) is 2.97. The topological polar surface area (TPSA) is 125 Å². The standard InChI is InChI=1S/C23H35FN2O7S/c1-3-32-23(28)26(14-22(25)27)16-31-11-6-12-34(29,30)15-17(2)18-9-10-20(24)21(13-18)33-19-7-4-5-8-19/h9-10,13,17,19H,3-8,11-12,14-16H2,1-2H3,(H2,25,27)/t17-/m0/s1. The van der Waals surface area contributed by atoms with Gasteiger partial charge in [0.2, 0.25) is 5.91 Å². The first-order valence-electron chi connectivity index (χ1n) is 11.6. The van der Waals surface area contributed by atoms with E-state index in [0.717, 1.165) is 30.6 Å². The molecule has 1 atom stereocenters. The maximum Gasteiger partial charge on any atom is 0.412 e. The molecule has 1 aromatic rings. The van der Waals surface area contributed by atoms with Crippen LogP contribution in [0.1, 0.15) is 57.4 Å². The Bertz CT molecular complexity index is 920. The van der Waals surface area contributed by atoms with Gasteiger partial charge in [-0.25, -0.2) is 17.6 Å². The van der Waals surface area contributed by atoms with E-state index in [9.17, 15) is 22.4 Å². The Hall–Kier alpha value is -2.40. The summed E-state index contributed by atoms with van der Waals surface area (Å²) >= 11 is 0. The third-order valence-electron chi connectivity index (χ3n) is 5.49. The Balaban J connectivity index is 1.82. The fraction of sp³-hybridized carbons (Fsp3) is 0.652. The fourth-order valence-electron chi connectivity index (χ4n) is 3.78. The van der Waals surface area contributed by atoms with Gasteiger partial charge in [0.15, 0.2) is 21.4 Å². The average Bonchev–Trinajstić information content (AvgIpc) is 3.26. The lowest BCUT2D eigenvalue weighted by atomic mass is 10.0. The molecule has 0 saturated heterocycles. The number of primary amides is 1. The van der Waals surface area contributed by atoms with E-state index in [2.05, 4.69) is 0 Å². The molecule has 192 valence electrons. The van der Waals surface area contributed by atoms with Crippen LogP contribution in [-0.2, 0) is 24.1 Å². The van der Waals surface area contributed by atoms with Crippen molar-refractivity contribution < 1.29 is 36.6 Å². The van der Waals surface area contributed by atoms with Gasteiger partial charge < -0.3 is 19.9 Å². The molecule has 0 spiro atoms. The predicted molar refractivity (Wildman–Crippen MR) is 125 cm³/mol. The summed E-state index contributed by atoms with van der Waals surface area (Å²) in [6.07, 6.45) is 3.41. The Labute approximate surface area is 200 Å². The quantitative estimate of drug-likeness (QED) is 0.306. The summed E-state index contributed by atoms with van der Waals surface area (Å²) in [5, 5.41) is 0. The summed E-state index contributed by atoms with van der Waals surface area (Å²) in [5.41, 5.74) is 5.82. The molecule has 0 bridgehead atoms. The van der Waals surface area contributed by atoms with Gasteiger partial charge in [-0.15, -0.1) is 0 Å². The van der Waals surface area contributed by atoms with Gasteiger partial charge in [-0.3, -0.25) is 9.69 Å². The highest BCUT2D eigenvalue weighted by molar-refractivity contribution is 7.91. The molecule has 2 rings (SSSR count). The third kappa shape index (κ3) is 9.46. The summed E-state index contributed by atoms with van der Waals surface area (Å²) in [6, 6.07) is 4.50. The second-order valence-corrected chi connectivity index (χ2v) is 10.7. The fourth-order valence-corrected chi connectivity index (χ4v) is 5.46. The molecule has 9 nitrogen and oxygen atoms in total. The molecule has 11 heteroatoms. The number of rotatable bonds is 14. The Morgan fingerprint density at radius 3 is 2.62 bits per heavy atom. The van der Waals surface area contributed by atoms with Crippen molar-refractivity contribution >= 4 is 21.8 Å². The molecule has 0 heterocycles. The summed E-state index contributed by atoms with van der Waals surface area (Å²) in [6.45, 7) is 3.01. The first kappa shape index (κ1) is 27.8. The first-order valence-corrected chi connectivity index (χ1v) is 13.4. The van der Waals surface area contributed by atoms with Crippen LogP contribution in [0.25, 0.3) is 0 Å². The molecule has 0 unspecified atom stereocenters. The van der Waals surface area contributed by atoms with Crippen LogP contribution in [0.4, 0.5) is 9.18 Å². The maximum atomic E-state index is 14.2. The number of carbonyl (C=O) groups excluding carboxylic acids is 2. The van der Waals surface area contributed by atoms with Crippen molar-refractivity contribution in [1.82, 2.24) is 4.90 Å². The number of halogens is 1. The molecule has 0 radical (unpaired) electrons. The van der Waals surface area contributed by atoms with Gasteiger partial charge >= 0.3 is 6.09 Å². The molecule has 0 aliphatic heterocycles. The minimum absolute atomic E-state index is 0.00603. The van der Waals surface area contributed by atoms with Gasteiger partial charge in [-0.2, -0.15) is 0 Å². The van der Waals surface area contributed by atoms with Crippen LogP contribution in [0.3, 0.4) is 0 Å². The minimum atomic E-state index is -3.41. The normalized spacial score (nSPS) is 15.1. The first-order chi connectivity index (χ1) is 16.1. The SMILES string of the molecule is CCOC(=O)N(COCCCS(=O)(=O)C[C@H](C)c1ccc(F)c(OC2CCCC2)c1)CC(N)=O. The number of benzene rings is 1. The van der Waals surface area contributed by atoms with Crippen molar-refractivity contribution in [2.75, 3.05) is 38.0 Å². The molecule has 1 aromatic carbocycles. The minimum Gasteiger partial charge on any atom is -0.487 e. The van der Waals surface area contributed by atoms with Crippen LogP contribution >= 0.6 is 0 Å². The molecule has 1 aliphatic carbocycles. The smallest absolute Gasteiger partial charge is 0.412 e. The summed E-state index contributed by atoms with van der Waals surface area (Å²) in [7, 11) is -3.41. The summed E-state index contributed by atoms with van der Waals surface area (Å²) < 4.78 is 55.3. The number of hydrogen-bond donors (Lipinski definition) is 1. The largest absolute Gasteiger partial charge is 0.487 e. The van der Waals surface area contributed by atoms with Crippen molar-refractivity contribution in [3.05, 3.63) is 29.6 Å². The van der Waals surface area contributed by atoms with E-state index in [-0.39, 0.29) is 62.2 Å². The van der Waals surface area contributed by atoms with Crippen molar-refractivity contribution in [3.63, 3.8) is 0 Å². The van der Waals surface area contributed by atoms with Crippen LogP contribution in [-0.4, -0.2) is 69.4 Å². The molecule has 34 heavy (non-hydrogen) atoms. The van der Waals surface area contributed by atoms with Crippen LogP contribution in [0.5, 0.6) is 5.75 Å². The van der Waals surface area contributed by atoms with E-state index in [1.54, 1.807) is 26.0 Å². The monoisotopic (exact) mass is 502 g/mol. The third-order valence-corrected chi connectivity index (χ3v) is 7.41. The van der Waals surface area contributed by atoms with Crippen molar-refractivity contribution in [2.24, 2.45) is 5.73 Å². The zero-order chi connectivity index (χ0) is 25.1. The number of nitrogens with zero attached hydrogens (tertiary/aromatic N) is 1. The molecule has 1 aliphatic rings. The molecule has 0 aromatic heterocycles. The van der Waals surface area contributed by atoms with E-state index < -0.39 is 27.7 Å².